The number of sulfonamides is 1. The third-order valence-corrected chi connectivity index (χ3v) is 12.9. The van der Waals surface area contributed by atoms with E-state index in [4.69, 9.17) is 33.7 Å². The van der Waals surface area contributed by atoms with Crippen LogP contribution in [-0.4, -0.2) is 87.0 Å². The normalized spacial score (nSPS) is 14.6. The van der Waals surface area contributed by atoms with E-state index in [2.05, 4.69) is 10.6 Å². The Labute approximate surface area is 393 Å². The van der Waals surface area contributed by atoms with E-state index in [0.29, 0.717) is 47.6 Å². The van der Waals surface area contributed by atoms with Crippen LogP contribution in [0.3, 0.4) is 0 Å². The van der Waals surface area contributed by atoms with Crippen LogP contribution in [0.2, 0.25) is 0 Å². The Hall–Kier alpha value is -5.94. The highest BCUT2D eigenvalue weighted by Gasteiger charge is 2.33. The first-order chi connectivity index (χ1) is 32.1. The number of rotatable bonds is 21. The number of amides is 2. The molecule has 16 nitrogen and oxygen atoms in total. The van der Waals surface area contributed by atoms with Crippen molar-refractivity contribution in [1.29, 1.82) is 0 Å². The quantitative estimate of drug-likeness (QED) is 0.0508. The van der Waals surface area contributed by atoms with Gasteiger partial charge in [-0.3, -0.25) is 5.32 Å². The van der Waals surface area contributed by atoms with Gasteiger partial charge in [-0.1, -0.05) is 107 Å². The van der Waals surface area contributed by atoms with Crippen LogP contribution in [0, 0.1) is 5.92 Å². The van der Waals surface area contributed by atoms with Gasteiger partial charge in [0.05, 0.1) is 30.3 Å². The second kappa shape index (κ2) is 25.8. The molecule has 0 unspecified atom stereocenters. The number of para-hydroxylation sites is 2. The second-order valence-electron chi connectivity index (χ2n) is 16.4. The molecular weight excluding hydrogens is 900 g/mol. The molecule has 1 heterocycles. The number of carbonyl (C=O) groups is 2. The van der Waals surface area contributed by atoms with Crippen LogP contribution in [0.15, 0.2) is 144 Å². The van der Waals surface area contributed by atoms with Crippen LogP contribution in [-0.2, 0) is 41.8 Å². The molecule has 1 saturated heterocycles. The van der Waals surface area contributed by atoms with E-state index < -0.39 is 54.4 Å². The third kappa shape index (κ3) is 18.0. The van der Waals surface area contributed by atoms with Crippen molar-refractivity contribution >= 4 is 35.5 Å². The van der Waals surface area contributed by atoms with E-state index in [1.165, 1.54) is 28.6 Å². The van der Waals surface area contributed by atoms with Crippen LogP contribution in [0.4, 0.5) is 15.3 Å². The Balaban J connectivity index is 0.00000202. The van der Waals surface area contributed by atoms with Gasteiger partial charge in [-0.15, -0.1) is 0 Å². The zero-order valence-electron chi connectivity index (χ0n) is 38.1. The number of nitrogens with one attached hydrogen (secondary N) is 2. The molecule has 360 valence electrons. The number of alkyl carbamates (subject to hydrolysis) is 1. The lowest BCUT2D eigenvalue weighted by Gasteiger charge is -2.30. The number of carbonyl (C=O) groups excluding carboxylic acids is 2. The number of nitrogens with two attached hydrogens (primary N) is 1. The van der Waals surface area contributed by atoms with Crippen molar-refractivity contribution in [3.8, 4) is 17.2 Å². The first-order valence-electron chi connectivity index (χ1n) is 21.9. The SMILES string of the molecule is CC(C)CN(C[C@@H](O)[C@H](Cc1ccc(OCP(=O)(Oc2ccccc2)Oc2ccccc2)cc1)NC(=O)O[C@H]1CCOC1)S(=O)(=O)c1ccc(NC(=O)OCc2ccccc2)cc1.CC(C)N. The van der Waals surface area contributed by atoms with E-state index in [1.807, 2.05) is 58.0 Å². The Morgan fingerprint density at radius 2 is 1.34 bits per heavy atom. The summed E-state index contributed by atoms with van der Waals surface area (Å²) in [6.07, 6.45) is -3.19. The third-order valence-electron chi connectivity index (χ3n) is 9.58. The zero-order valence-corrected chi connectivity index (χ0v) is 39.9. The predicted octanol–water partition coefficient (Wildman–Crippen LogP) is 8.61. The molecule has 2 amide bonds. The minimum Gasteiger partial charge on any atom is -0.479 e. The van der Waals surface area contributed by atoms with Gasteiger partial charge in [0.25, 0.3) is 0 Å². The molecule has 3 atom stereocenters. The number of benzene rings is 5. The van der Waals surface area contributed by atoms with Crippen LogP contribution in [0.25, 0.3) is 0 Å². The molecule has 5 N–H and O–H groups in total. The fraction of sp³-hybridized carbons (Fsp3) is 0.347. The number of hydrogen-bond donors (Lipinski definition) is 4. The minimum atomic E-state index is -4.19. The molecule has 0 saturated carbocycles. The molecule has 0 aromatic heterocycles. The van der Waals surface area contributed by atoms with Crippen LogP contribution in [0.5, 0.6) is 17.2 Å². The lowest BCUT2D eigenvalue weighted by atomic mass is 10.0. The number of nitrogens with zero attached hydrogens (tertiary/aromatic N) is 1. The summed E-state index contributed by atoms with van der Waals surface area (Å²) in [5, 5.41) is 17.1. The van der Waals surface area contributed by atoms with Gasteiger partial charge in [0.15, 0.2) is 0 Å². The topological polar surface area (TPSA) is 214 Å². The molecule has 0 aliphatic carbocycles. The lowest BCUT2D eigenvalue weighted by Crippen LogP contribution is -2.51. The van der Waals surface area contributed by atoms with Crippen molar-refractivity contribution in [1.82, 2.24) is 9.62 Å². The van der Waals surface area contributed by atoms with E-state index in [9.17, 15) is 27.7 Å². The summed E-state index contributed by atoms with van der Waals surface area (Å²) in [6.45, 7) is 8.03. The summed E-state index contributed by atoms with van der Waals surface area (Å²) in [5.41, 5.74) is 6.90. The Bertz CT molecular complexity index is 2360. The summed E-state index contributed by atoms with van der Waals surface area (Å²) in [6, 6.07) is 38.1. The summed E-state index contributed by atoms with van der Waals surface area (Å²) in [7, 11) is -8.08. The van der Waals surface area contributed by atoms with E-state index >= 15 is 0 Å². The van der Waals surface area contributed by atoms with Gasteiger partial charge in [0.1, 0.15) is 30.0 Å². The fourth-order valence-electron chi connectivity index (χ4n) is 6.46. The monoisotopic (exact) mass is 960 g/mol. The van der Waals surface area contributed by atoms with Crippen molar-refractivity contribution in [2.45, 2.75) is 76.3 Å². The second-order valence-corrected chi connectivity index (χ2v) is 20.2. The minimum absolute atomic E-state index is 0.0552. The Morgan fingerprint density at radius 1 is 0.776 bits per heavy atom. The van der Waals surface area contributed by atoms with Crippen molar-refractivity contribution in [3.05, 3.63) is 151 Å². The van der Waals surface area contributed by atoms with Crippen LogP contribution in [0.1, 0.15) is 45.2 Å². The largest absolute Gasteiger partial charge is 0.479 e. The fourth-order valence-corrected chi connectivity index (χ4v) is 9.42. The maximum Gasteiger partial charge on any atom is 0.468 e. The zero-order chi connectivity index (χ0) is 48.2. The number of ether oxygens (including phenoxy) is 4. The van der Waals surface area contributed by atoms with Crippen molar-refractivity contribution < 1.29 is 55.7 Å². The predicted molar refractivity (Wildman–Crippen MR) is 256 cm³/mol. The van der Waals surface area contributed by atoms with Gasteiger partial charge in [0.2, 0.25) is 16.4 Å². The van der Waals surface area contributed by atoms with Crippen molar-refractivity contribution in [3.63, 3.8) is 0 Å². The molecule has 67 heavy (non-hydrogen) atoms. The van der Waals surface area contributed by atoms with Gasteiger partial charge < -0.3 is 44.2 Å². The number of aliphatic hydroxyl groups excluding tert-OH is 1. The Morgan fingerprint density at radius 3 is 1.88 bits per heavy atom. The molecule has 0 radical (unpaired) electrons. The molecule has 18 heteroatoms. The van der Waals surface area contributed by atoms with Gasteiger partial charge in [-0.05, 0) is 90.2 Å². The summed E-state index contributed by atoms with van der Waals surface area (Å²) in [5.74, 6) is 0.897. The average molecular weight is 961 g/mol. The van der Waals surface area contributed by atoms with Gasteiger partial charge >= 0.3 is 19.8 Å². The standard InChI is InChI=1S/C46H52N3O12PS.C3H9N/c1-34(2)29-49(63(54,55)42-24-20-37(21-25-42)47-45(51)57-31-36-12-6-3-7-13-36)30-44(50)43(48-46(52)59-41-26-27-56-32-41)28-35-18-22-38(23-19-35)58-33-62(53,60-39-14-8-4-9-15-39)61-40-16-10-5-11-17-40;1-3(2)4/h3-25,34,41,43-44,50H,26-33H2,1-2H3,(H,47,51)(H,48,52);3H,4H2,1-2H3/t41-,43-,44+;/m0./s1. The summed E-state index contributed by atoms with van der Waals surface area (Å²) < 4.78 is 77.1. The summed E-state index contributed by atoms with van der Waals surface area (Å²) >= 11 is 0. The maximum absolute atomic E-state index is 14.1. The highest BCUT2D eigenvalue weighted by Crippen LogP contribution is 2.48. The van der Waals surface area contributed by atoms with Gasteiger partial charge in [0, 0.05) is 25.2 Å². The molecule has 1 aliphatic rings. The Kier molecular flexibility index (Phi) is 20.1. The van der Waals surface area contributed by atoms with Crippen LogP contribution < -0.4 is 30.2 Å². The molecule has 0 spiro atoms. The van der Waals surface area contributed by atoms with Crippen molar-refractivity contribution in [2.75, 3.05) is 38.0 Å². The van der Waals surface area contributed by atoms with E-state index in [0.717, 1.165) is 5.56 Å². The summed E-state index contributed by atoms with van der Waals surface area (Å²) in [4.78, 5) is 25.5. The highest BCUT2D eigenvalue weighted by atomic mass is 32.2. The number of aliphatic hydroxyl groups is 1. The first kappa shape index (κ1) is 52.0. The average Bonchev–Trinajstić information content (AvgIpc) is 3.81. The molecule has 6 rings (SSSR count). The van der Waals surface area contributed by atoms with Gasteiger partial charge in [-0.2, -0.15) is 4.31 Å². The number of anilines is 1. The molecular formula is C49H61N4O12PS. The molecule has 0 bridgehead atoms. The van der Waals surface area contributed by atoms with Crippen LogP contribution >= 0.6 is 7.60 Å². The first-order valence-corrected chi connectivity index (χ1v) is 25.1. The van der Waals surface area contributed by atoms with E-state index in [1.54, 1.807) is 84.9 Å². The van der Waals surface area contributed by atoms with E-state index in [-0.39, 0.29) is 43.5 Å². The number of hydrogen-bond acceptors (Lipinski definition) is 13. The molecule has 1 fully saturated rings. The van der Waals surface area contributed by atoms with Crippen molar-refractivity contribution in [2.24, 2.45) is 11.7 Å². The molecule has 5 aromatic carbocycles. The molecule has 5 aromatic rings. The molecule has 1 aliphatic heterocycles. The smallest absolute Gasteiger partial charge is 0.468 e. The lowest BCUT2D eigenvalue weighted by molar-refractivity contribution is 0.0644. The maximum atomic E-state index is 14.1. The van der Waals surface area contributed by atoms with Gasteiger partial charge in [-0.25, -0.2) is 22.6 Å². The highest BCUT2D eigenvalue weighted by molar-refractivity contribution is 7.89.